The molecule has 0 bridgehead atoms. The number of benzene rings is 1. The molecule has 158 valence electrons. The van der Waals surface area contributed by atoms with Gasteiger partial charge >= 0.3 is 0 Å². The van der Waals surface area contributed by atoms with Crippen LogP contribution in [-0.4, -0.2) is 45.4 Å². The molecule has 0 saturated carbocycles. The largest absolute Gasteiger partial charge is 0.493 e. The monoisotopic (exact) mass is 400 g/mol. The Morgan fingerprint density at radius 3 is 2.66 bits per heavy atom. The molecule has 0 aliphatic rings. The Morgan fingerprint density at radius 1 is 1.10 bits per heavy atom. The maximum Gasteiger partial charge on any atom is 0.218 e. The fourth-order valence-electron chi connectivity index (χ4n) is 2.76. The van der Waals surface area contributed by atoms with Crippen LogP contribution < -0.4 is 24.8 Å². The number of guanidine groups is 1. The van der Waals surface area contributed by atoms with Crippen LogP contribution >= 0.6 is 0 Å². The van der Waals surface area contributed by atoms with Crippen molar-refractivity contribution in [3.63, 3.8) is 0 Å². The summed E-state index contributed by atoms with van der Waals surface area (Å²) in [4.78, 5) is 8.63. The topological polar surface area (TPSA) is 77.0 Å². The Morgan fingerprint density at radius 2 is 1.93 bits per heavy atom. The van der Waals surface area contributed by atoms with Gasteiger partial charge in [-0.1, -0.05) is 25.5 Å². The summed E-state index contributed by atoms with van der Waals surface area (Å²) in [6, 6.07) is 9.87. The van der Waals surface area contributed by atoms with E-state index >= 15 is 0 Å². The van der Waals surface area contributed by atoms with Crippen LogP contribution in [0.4, 0.5) is 0 Å². The molecule has 0 amide bonds. The van der Waals surface area contributed by atoms with Crippen LogP contribution in [0.5, 0.6) is 17.4 Å². The maximum absolute atomic E-state index is 5.79. The van der Waals surface area contributed by atoms with Gasteiger partial charge in [0.25, 0.3) is 0 Å². The molecule has 0 aliphatic heterocycles. The zero-order valence-electron chi connectivity index (χ0n) is 17.8. The number of aromatic nitrogens is 1. The lowest BCUT2D eigenvalue weighted by Gasteiger charge is -2.14. The second-order valence-corrected chi connectivity index (χ2v) is 6.46. The van der Waals surface area contributed by atoms with Gasteiger partial charge in [0, 0.05) is 31.9 Å². The highest BCUT2D eigenvalue weighted by atomic mass is 16.5. The average Bonchev–Trinajstić information content (AvgIpc) is 2.76. The number of pyridine rings is 1. The molecule has 7 heteroatoms. The number of nitrogens with one attached hydrogen (secondary N) is 2. The van der Waals surface area contributed by atoms with Crippen molar-refractivity contribution < 1.29 is 14.2 Å². The molecule has 7 nitrogen and oxygen atoms in total. The summed E-state index contributed by atoms with van der Waals surface area (Å²) in [6.07, 6.45) is 4.69. The molecular formula is C22H32N4O3. The number of rotatable bonds is 11. The Balaban J connectivity index is 1.84. The third-order valence-corrected chi connectivity index (χ3v) is 4.41. The van der Waals surface area contributed by atoms with E-state index in [4.69, 9.17) is 14.2 Å². The SMILES string of the molecule is CCCCOc1ncccc1CNC(=NC)NCCc1ccc(OC)c(OC)c1. The van der Waals surface area contributed by atoms with Crippen LogP contribution in [0.1, 0.15) is 30.9 Å². The van der Waals surface area contributed by atoms with Crippen LogP contribution in [0, 0.1) is 0 Å². The summed E-state index contributed by atoms with van der Waals surface area (Å²) in [5.41, 5.74) is 2.16. The van der Waals surface area contributed by atoms with Gasteiger partial charge in [-0.05, 0) is 36.6 Å². The fourth-order valence-corrected chi connectivity index (χ4v) is 2.76. The predicted octanol–water partition coefficient (Wildman–Crippen LogP) is 3.19. The summed E-state index contributed by atoms with van der Waals surface area (Å²) in [5, 5.41) is 6.65. The van der Waals surface area contributed by atoms with Crippen molar-refractivity contribution in [1.29, 1.82) is 0 Å². The molecular weight excluding hydrogens is 368 g/mol. The summed E-state index contributed by atoms with van der Waals surface area (Å²) in [5.74, 6) is 2.87. The predicted molar refractivity (Wildman–Crippen MR) is 116 cm³/mol. The van der Waals surface area contributed by atoms with Crippen molar-refractivity contribution in [3.8, 4) is 17.4 Å². The Hall–Kier alpha value is -2.96. The van der Waals surface area contributed by atoms with Gasteiger partial charge in [0.2, 0.25) is 5.88 Å². The van der Waals surface area contributed by atoms with Gasteiger partial charge in [0.15, 0.2) is 17.5 Å². The van der Waals surface area contributed by atoms with Gasteiger partial charge in [-0.3, -0.25) is 4.99 Å². The minimum Gasteiger partial charge on any atom is -0.493 e. The van der Waals surface area contributed by atoms with E-state index in [0.29, 0.717) is 19.0 Å². The number of hydrogen-bond acceptors (Lipinski definition) is 5. The minimum atomic E-state index is 0.589. The summed E-state index contributed by atoms with van der Waals surface area (Å²) >= 11 is 0. The van der Waals surface area contributed by atoms with E-state index < -0.39 is 0 Å². The van der Waals surface area contributed by atoms with Gasteiger partial charge in [0.05, 0.1) is 20.8 Å². The zero-order valence-corrected chi connectivity index (χ0v) is 17.8. The van der Waals surface area contributed by atoms with Gasteiger partial charge in [-0.2, -0.15) is 0 Å². The number of aliphatic imine (C=N–C) groups is 1. The second kappa shape index (κ2) is 12.5. The van der Waals surface area contributed by atoms with Crippen molar-refractivity contribution in [2.75, 3.05) is 34.4 Å². The number of methoxy groups -OCH3 is 2. The molecule has 0 spiro atoms. The van der Waals surface area contributed by atoms with Crippen LogP contribution in [0.15, 0.2) is 41.5 Å². The van der Waals surface area contributed by atoms with E-state index in [9.17, 15) is 0 Å². The standard InChI is InChI=1S/C22H32N4O3/c1-5-6-14-29-21-18(8-7-12-24-21)16-26-22(23-2)25-13-11-17-9-10-19(27-3)20(15-17)28-4/h7-10,12,15H,5-6,11,13-14,16H2,1-4H3,(H2,23,25,26). The van der Waals surface area contributed by atoms with E-state index in [-0.39, 0.29) is 0 Å². The molecule has 1 heterocycles. The highest BCUT2D eigenvalue weighted by molar-refractivity contribution is 5.79. The van der Waals surface area contributed by atoms with Crippen LogP contribution in [0.3, 0.4) is 0 Å². The lowest BCUT2D eigenvalue weighted by atomic mass is 10.1. The van der Waals surface area contributed by atoms with E-state index in [1.54, 1.807) is 27.5 Å². The molecule has 0 saturated heterocycles. The van der Waals surface area contributed by atoms with Gasteiger partial charge in [0.1, 0.15) is 0 Å². The Labute approximate surface area is 173 Å². The highest BCUT2D eigenvalue weighted by Gasteiger charge is 2.07. The van der Waals surface area contributed by atoms with Gasteiger partial charge in [-0.25, -0.2) is 4.98 Å². The molecule has 0 fully saturated rings. The second-order valence-electron chi connectivity index (χ2n) is 6.46. The smallest absolute Gasteiger partial charge is 0.218 e. The van der Waals surface area contributed by atoms with E-state index in [2.05, 4.69) is 27.5 Å². The quantitative estimate of drug-likeness (QED) is 0.343. The normalized spacial score (nSPS) is 11.1. The molecule has 0 aliphatic carbocycles. The van der Waals surface area contributed by atoms with Crippen molar-refractivity contribution in [1.82, 2.24) is 15.6 Å². The minimum absolute atomic E-state index is 0.589. The third kappa shape index (κ3) is 7.18. The van der Waals surface area contributed by atoms with Crippen molar-refractivity contribution in [3.05, 3.63) is 47.7 Å². The molecule has 1 aromatic heterocycles. The Bertz CT molecular complexity index is 780. The van der Waals surface area contributed by atoms with E-state index in [0.717, 1.165) is 54.4 Å². The van der Waals surface area contributed by atoms with E-state index in [1.165, 1.54) is 0 Å². The third-order valence-electron chi connectivity index (χ3n) is 4.41. The molecule has 29 heavy (non-hydrogen) atoms. The lowest BCUT2D eigenvalue weighted by Crippen LogP contribution is -2.38. The molecule has 2 aromatic rings. The molecule has 0 unspecified atom stereocenters. The molecule has 0 atom stereocenters. The summed E-state index contributed by atoms with van der Waals surface area (Å²) in [6.45, 7) is 4.15. The van der Waals surface area contributed by atoms with Gasteiger partial charge in [-0.15, -0.1) is 0 Å². The first-order chi connectivity index (χ1) is 14.2. The number of nitrogens with zero attached hydrogens (tertiary/aromatic N) is 2. The molecule has 2 rings (SSSR count). The van der Waals surface area contributed by atoms with Crippen LogP contribution in [0.25, 0.3) is 0 Å². The first-order valence-electron chi connectivity index (χ1n) is 9.93. The highest BCUT2D eigenvalue weighted by Crippen LogP contribution is 2.27. The first kappa shape index (κ1) is 22.3. The summed E-state index contributed by atoms with van der Waals surface area (Å²) < 4.78 is 16.4. The first-order valence-corrected chi connectivity index (χ1v) is 9.93. The number of hydrogen-bond donors (Lipinski definition) is 2. The van der Waals surface area contributed by atoms with Crippen LogP contribution in [0.2, 0.25) is 0 Å². The van der Waals surface area contributed by atoms with Crippen molar-refractivity contribution in [2.45, 2.75) is 32.7 Å². The lowest BCUT2D eigenvalue weighted by molar-refractivity contribution is 0.294. The van der Waals surface area contributed by atoms with E-state index in [1.807, 2.05) is 30.3 Å². The fraction of sp³-hybridized carbons (Fsp3) is 0.455. The summed E-state index contributed by atoms with van der Waals surface area (Å²) in [7, 11) is 5.04. The van der Waals surface area contributed by atoms with Crippen molar-refractivity contribution >= 4 is 5.96 Å². The zero-order chi connectivity index (χ0) is 20.9. The number of ether oxygens (including phenoxy) is 3. The average molecular weight is 401 g/mol. The van der Waals surface area contributed by atoms with Gasteiger partial charge < -0.3 is 24.8 Å². The Kier molecular flexibility index (Phi) is 9.62. The van der Waals surface area contributed by atoms with Crippen molar-refractivity contribution in [2.24, 2.45) is 4.99 Å². The van der Waals surface area contributed by atoms with Crippen LogP contribution in [-0.2, 0) is 13.0 Å². The molecule has 1 aromatic carbocycles. The molecule has 0 radical (unpaired) electrons. The molecule has 2 N–H and O–H groups in total. The maximum atomic E-state index is 5.79. The number of unbranched alkanes of at least 4 members (excludes halogenated alkanes) is 1.